The quantitative estimate of drug-likeness (QED) is 0.856. The number of aliphatic carboxylic acids is 1. The Labute approximate surface area is 97.3 Å². The second-order valence-corrected chi connectivity index (χ2v) is 4.72. The van der Waals surface area contributed by atoms with Gasteiger partial charge in [-0.1, -0.05) is 12.1 Å². The number of H-pyrrole nitrogens is 1. The number of rotatable bonds is 3. The maximum absolute atomic E-state index is 14.3. The largest absolute Gasteiger partial charge is 0.481 e. The molecule has 0 atom stereocenters. The molecule has 0 aliphatic heterocycles. The van der Waals surface area contributed by atoms with Crippen molar-refractivity contribution in [3.05, 3.63) is 35.8 Å². The van der Waals surface area contributed by atoms with Crippen LogP contribution in [0, 0.1) is 5.82 Å². The summed E-state index contributed by atoms with van der Waals surface area (Å²) in [4.78, 5) is 13.7. The number of aromatic nitrogens is 1. The molecule has 1 aliphatic rings. The maximum atomic E-state index is 14.3. The molecule has 2 aromatic rings. The minimum absolute atomic E-state index is 0.0101. The Kier molecular flexibility index (Phi) is 2.02. The van der Waals surface area contributed by atoms with Gasteiger partial charge in [-0.2, -0.15) is 0 Å². The molecule has 1 aromatic carbocycles. The predicted octanol–water partition coefficient (Wildman–Crippen LogP) is 2.81. The number of fused-ring (bicyclic) bond motifs is 1. The number of hydrogen-bond acceptors (Lipinski definition) is 1. The van der Waals surface area contributed by atoms with Gasteiger partial charge in [-0.15, -0.1) is 0 Å². The molecule has 1 aromatic heterocycles. The van der Waals surface area contributed by atoms with Gasteiger partial charge in [0, 0.05) is 17.0 Å². The van der Waals surface area contributed by atoms with Gasteiger partial charge >= 0.3 is 5.97 Å². The van der Waals surface area contributed by atoms with E-state index in [0.717, 1.165) is 18.2 Å². The third-order valence-corrected chi connectivity index (χ3v) is 3.58. The topological polar surface area (TPSA) is 53.1 Å². The Balaban J connectivity index is 2.11. The predicted molar refractivity (Wildman–Crippen MR) is 61.4 cm³/mol. The van der Waals surface area contributed by atoms with Crippen LogP contribution in [-0.4, -0.2) is 16.1 Å². The lowest BCUT2D eigenvalue weighted by molar-refractivity contribution is -0.137. The monoisotopic (exact) mass is 233 g/mol. The lowest BCUT2D eigenvalue weighted by atomic mass is 9.91. The van der Waals surface area contributed by atoms with Crippen LogP contribution >= 0.6 is 0 Å². The number of halogens is 1. The minimum atomic E-state index is -0.867. The molecule has 0 saturated heterocycles. The highest BCUT2D eigenvalue weighted by atomic mass is 19.1. The zero-order valence-corrected chi connectivity index (χ0v) is 9.16. The molecule has 3 rings (SSSR count). The molecule has 17 heavy (non-hydrogen) atoms. The highest BCUT2D eigenvalue weighted by Gasteiger charge is 2.47. The Morgan fingerprint density at radius 2 is 2.18 bits per heavy atom. The Hall–Kier alpha value is -1.84. The summed E-state index contributed by atoms with van der Waals surface area (Å²) >= 11 is 0. The first-order chi connectivity index (χ1) is 8.12. The molecular formula is C13H12FNO2. The molecule has 0 unspecified atom stereocenters. The number of carboxylic acids is 1. The molecule has 88 valence electrons. The molecule has 4 heteroatoms. The smallest absolute Gasteiger partial charge is 0.304 e. The van der Waals surface area contributed by atoms with Crippen LogP contribution in [0.25, 0.3) is 10.9 Å². The highest BCUT2D eigenvalue weighted by molar-refractivity contribution is 5.81. The molecular weight excluding hydrogens is 221 g/mol. The van der Waals surface area contributed by atoms with Gasteiger partial charge in [0.2, 0.25) is 0 Å². The van der Waals surface area contributed by atoms with Crippen LogP contribution in [0.15, 0.2) is 24.4 Å². The summed E-state index contributed by atoms with van der Waals surface area (Å²) in [6.07, 6.45) is 3.20. The summed E-state index contributed by atoms with van der Waals surface area (Å²) < 4.78 is 14.3. The molecule has 3 nitrogen and oxygen atoms in total. The van der Waals surface area contributed by atoms with Crippen LogP contribution in [0.5, 0.6) is 0 Å². The summed E-state index contributed by atoms with van der Waals surface area (Å²) in [5.41, 5.74) is 0.531. The third-order valence-electron chi connectivity index (χ3n) is 3.58. The summed E-state index contributed by atoms with van der Waals surface area (Å²) in [5, 5.41) is 9.70. The van der Waals surface area contributed by atoms with Crippen molar-refractivity contribution in [2.24, 2.45) is 0 Å². The lowest BCUT2D eigenvalue weighted by Crippen LogP contribution is -2.14. The van der Waals surface area contributed by atoms with E-state index in [0.29, 0.717) is 11.1 Å². The van der Waals surface area contributed by atoms with Crippen LogP contribution in [0.1, 0.15) is 24.8 Å². The average Bonchev–Trinajstić information content (AvgIpc) is 2.87. The Morgan fingerprint density at radius 3 is 2.82 bits per heavy atom. The molecule has 1 aliphatic carbocycles. The lowest BCUT2D eigenvalue weighted by Gasteiger charge is -2.14. The average molecular weight is 233 g/mol. The zero-order chi connectivity index (χ0) is 12.0. The molecule has 0 bridgehead atoms. The van der Waals surface area contributed by atoms with E-state index in [1.165, 1.54) is 0 Å². The van der Waals surface area contributed by atoms with Gasteiger partial charge in [-0.3, -0.25) is 4.79 Å². The molecule has 0 spiro atoms. The fraction of sp³-hybridized carbons (Fsp3) is 0.308. The summed E-state index contributed by atoms with van der Waals surface area (Å²) in [6.45, 7) is 0. The van der Waals surface area contributed by atoms with Crippen molar-refractivity contribution in [3.63, 3.8) is 0 Å². The number of carbonyl (C=O) groups is 1. The van der Waals surface area contributed by atoms with Crippen LogP contribution < -0.4 is 0 Å². The van der Waals surface area contributed by atoms with Crippen molar-refractivity contribution in [1.82, 2.24) is 4.98 Å². The summed E-state index contributed by atoms with van der Waals surface area (Å²) in [7, 11) is 0. The first kappa shape index (κ1) is 10.3. The zero-order valence-electron chi connectivity index (χ0n) is 9.16. The van der Waals surface area contributed by atoms with E-state index in [9.17, 15) is 9.18 Å². The van der Waals surface area contributed by atoms with Gasteiger partial charge < -0.3 is 10.1 Å². The molecule has 2 N–H and O–H groups in total. The van der Waals surface area contributed by atoms with E-state index in [-0.39, 0.29) is 12.2 Å². The van der Waals surface area contributed by atoms with Crippen LogP contribution in [0.4, 0.5) is 4.39 Å². The second-order valence-electron chi connectivity index (χ2n) is 4.72. The second kappa shape index (κ2) is 3.32. The first-order valence-corrected chi connectivity index (χ1v) is 5.60. The number of aromatic amines is 1. The molecule has 1 saturated carbocycles. The highest BCUT2D eigenvalue weighted by Crippen LogP contribution is 2.52. The molecule has 1 fully saturated rings. The van der Waals surface area contributed by atoms with Crippen LogP contribution in [-0.2, 0) is 10.2 Å². The number of carboxylic acid groups (broad SMARTS) is 1. The van der Waals surface area contributed by atoms with Gasteiger partial charge in [-0.05, 0) is 24.5 Å². The van der Waals surface area contributed by atoms with Crippen molar-refractivity contribution in [3.8, 4) is 0 Å². The SMILES string of the molecule is O=C(O)CC1(c2ccc3cc[nH]c3c2F)CC1. The van der Waals surface area contributed by atoms with Crippen molar-refractivity contribution in [2.45, 2.75) is 24.7 Å². The van der Waals surface area contributed by atoms with Crippen molar-refractivity contribution >= 4 is 16.9 Å². The fourth-order valence-electron chi connectivity index (χ4n) is 2.48. The number of benzene rings is 1. The fourth-order valence-corrected chi connectivity index (χ4v) is 2.48. The Morgan fingerprint density at radius 1 is 1.41 bits per heavy atom. The van der Waals surface area contributed by atoms with Gasteiger partial charge in [0.05, 0.1) is 11.9 Å². The minimum Gasteiger partial charge on any atom is -0.481 e. The standard InChI is InChI=1S/C13H12FNO2/c14-11-9(13(4-5-13)7-10(16)17)2-1-8-3-6-15-12(8)11/h1-3,6,15H,4-5,7H2,(H,16,17). The normalized spacial score (nSPS) is 17.2. The maximum Gasteiger partial charge on any atom is 0.304 e. The van der Waals surface area contributed by atoms with Crippen LogP contribution in [0.2, 0.25) is 0 Å². The van der Waals surface area contributed by atoms with Gasteiger partial charge in [0.25, 0.3) is 0 Å². The first-order valence-electron chi connectivity index (χ1n) is 5.60. The van der Waals surface area contributed by atoms with Crippen molar-refractivity contribution < 1.29 is 14.3 Å². The third kappa shape index (κ3) is 1.52. The van der Waals surface area contributed by atoms with E-state index in [1.54, 1.807) is 18.3 Å². The van der Waals surface area contributed by atoms with E-state index in [2.05, 4.69) is 4.98 Å². The van der Waals surface area contributed by atoms with Gasteiger partial charge in [0.15, 0.2) is 5.82 Å². The number of hydrogen-bond donors (Lipinski definition) is 2. The van der Waals surface area contributed by atoms with E-state index < -0.39 is 11.4 Å². The molecule has 0 amide bonds. The summed E-state index contributed by atoms with van der Waals surface area (Å²) in [6, 6.07) is 5.37. The van der Waals surface area contributed by atoms with Crippen molar-refractivity contribution in [2.75, 3.05) is 0 Å². The Bertz CT molecular complexity index is 598. The number of nitrogens with one attached hydrogen (secondary N) is 1. The van der Waals surface area contributed by atoms with Crippen LogP contribution in [0.3, 0.4) is 0 Å². The summed E-state index contributed by atoms with van der Waals surface area (Å²) in [5.74, 6) is -1.17. The van der Waals surface area contributed by atoms with Gasteiger partial charge in [0.1, 0.15) is 0 Å². The van der Waals surface area contributed by atoms with E-state index in [4.69, 9.17) is 5.11 Å². The van der Waals surface area contributed by atoms with Crippen molar-refractivity contribution in [1.29, 1.82) is 0 Å². The molecule has 0 radical (unpaired) electrons. The van der Waals surface area contributed by atoms with E-state index in [1.807, 2.05) is 6.07 Å². The molecule has 1 heterocycles. The van der Waals surface area contributed by atoms with Gasteiger partial charge in [-0.25, -0.2) is 4.39 Å². The van der Waals surface area contributed by atoms with E-state index >= 15 is 0 Å².